The minimum Gasteiger partial charge on any atom is -0.342 e. The van der Waals surface area contributed by atoms with Gasteiger partial charge >= 0.3 is 0 Å². The normalized spacial score (nSPS) is 26.1. The minimum atomic E-state index is -0.438. The van der Waals surface area contributed by atoms with E-state index in [-0.39, 0.29) is 17.7 Å². The topological polar surface area (TPSA) is 49.4 Å². The van der Waals surface area contributed by atoms with Gasteiger partial charge in [0.25, 0.3) is 5.91 Å². The molecule has 3 unspecified atom stereocenters. The van der Waals surface area contributed by atoms with Crippen molar-refractivity contribution in [3.05, 3.63) is 16.8 Å². The molecule has 0 spiro atoms. The van der Waals surface area contributed by atoms with Crippen molar-refractivity contribution >= 4 is 28.8 Å². The Hall–Kier alpha value is -1.36. The van der Waals surface area contributed by atoms with E-state index in [1.165, 1.54) is 11.3 Å². The van der Waals surface area contributed by atoms with Gasteiger partial charge in [-0.15, -0.1) is 0 Å². The fourth-order valence-electron chi connectivity index (χ4n) is 2.16. The number of carbonyl (C=O) groups is 2. The van der Waals surface area contributed by atoms with Gasteiger partial charge in [-0.05, 0) is 24.3 Å². The standard InChI is InChI=1S/C13H18N2O2S/c1-4-8(2)11-13(17)15(9(3)12(16)14-11)10-5-6-18-7-10/h5-9,11H,4H2,1-3H3,(H,14,16). The molecule has 5 heteroatoms. The Bertz CT molecular complexity index is 444. The van der Waals surface area contributed by atoms with Gasteiger partial charge in [-0.2, -0.15) is 11.3 Å². The Morgan fingerprint density at radius 2 is 2.22 bits per heavy atom. The van der Waals surface area contributed by atoms with E-state index in [0.29, 0.717) is 0 Å². The molecular formula is C13H18N2O2S. The molecule has 4 nitrogen and oxygen atoms in total. The molecule has 1 aliphatic rings. The van der Waals surface area contributed by atoms with Gasteiger partial charge in [-0.1, -0.05) is 20.3 Å². The highest BCUT2D eigenvalue weighted by Crippen LogP contribution is 2.26. The van der Waals surface area contributed by atoms with Gasteiger partial charge in [-0.25, -0.2) is 0 Å². The molecule has 2 rings (SSSR count). The van der Waals surface area contributed by atoms with Crippen LogP contribution in [0.15, 0.2) is 16.8 Å². The second-order valence-corrected chi connectivity index (χ2v) is 5.52. The molecule has 98 valence electrons. The highest BCUT2D eigenvalue weighted by molar-refractivity contribution is 7.08. The Morgan fingerprint density at radius 1 is 1.50 bits per heavy atom. The Morgan fingerprint density at radius 3 is 2.78 bits per heavy atom. The van der Waals surface area contributed by atoms with Crippen LogP contribution in [0.25, 0.3) is 0 Å². The first kappa shape index (κ1) is 13.1. The predicted octanol–water partition coefficient (Wildman–Crippen LogP) is 2.01. The number of piperazine rings is 1. The lowest BCUT2D eigenvalue weighted by atomic mass is 9.94. The monoisotopic (exact) mass is 266 g/mol. The van der Waals surface area contributed by atoms with Crippen molar-refractivity contribution in [2.45, 2.75) is 39.3 Å². The number of rotatable bonds is 3. The second kappa shape index (κ2) is 5.10. The maximum Gasteiger partial charge on any atom is 0.250 e. The summed E-state index contributed by atoms with van der Waals surface area (Å²) in [6, 6.07) is 1.04. The summed E-state index contributed by atoms with van der Waals surface area (Å²) in [5.41, 5.74) is 0.820. The van der Waals surface area contributed by atoms with Gasteiger partial charge in [0, 0.05) is 5.38 Å². The van der Waals surface area contributed by atoms with E-state index in [9.17, 15) is 9.59 Å². The molecule has 1 aliphatic heterocycles. The average Bonchev–Trinajstić information content (AvgIpc) is 2.87. The molecule has 1 aromatic rings. The van der Waals surface area contributed by atoms with Gasteiger partial charge in [0.15, 0.2) is 0 Å². The SMILES string of the molecule is CCC(C)C1NC(=O)C(C)N(c2ccsc2)C1=O. The maximum absolute atomic E-state index is 12.5. The number of hydrogen-bond donors (Lipinski definition) is 1. The van der Waals surface area contributed by atoms with Crippen LogP contribution < -0.4 is 10.2 Å². The van der Waals surface area contributed by atoms with E-state index in [1.807, 2.05) is 30.7 Å². The summed E-state index contributed by atoms with van der Waals surface area (Å²) in [6.07, 6.45) is 0.864. The van der Waals surface area contributed by atoms with E-state index in [1.54, 1.807) is 11.8 Å². The molecule has 1 saturated heterocycles. The lowest BCUT2D eigenvalue weighted by Crippen LogP contribution is -2.64. The first-order valence-electron chi connectivity index (χ1n) is 6.22. The van der Waals surface area contributed by atoms with Crippen molar-refractivity contribution in [2.75, 3.05) is 4.90 Å². The molecule has 3 atom stereocenters. The lowest BCUT2D eigenvalue weighted by Gasteiger charge is -2.38. The summed E-state index contributed by atoms with van der Waals surface area (Å²) in [4.78, 5) is 26.1. The third-order valence-electron chi connectivity index (χ3n) is 3.57. The Kier molecular flexibility index (Phi) is 3.71. The van der Waals surface area contributed by atoms with Gasteiger partial charge in [0.2, 0.25) is 5.91 Å². The molecule has 1 aromatic heterocycles. The van der Waals surface area contributed by atoms with Crippen LogP contribution in [0, 0.1) is 5.92 Å². The molecule has 0 aromatic carbocycles. The fraction of sp³-hybridized carbons (Fsp3) is 0.538. The summed E-state index contributed by atoms with van der Waals surface area (Å²) in [7, 11) is 0. The van der Waals surface area contributed by atoms with Gasteiger partial charge in [-0.3, -0.25) is 14.5 Å². The first-order valence-corrected chi connectivity index (χ1v) is 7.16. The van der Waals surface area contributed by atoms with Gasteiger partial charge in [0.1, 0.15) is 12.1 Å². The van der Waals surface area contributed by atoms with E-state index in [2.05, 4.69) is 5.32 Å². The van der Waals surface area contributed by atoms with Crippen LogP contribution in [0.2, 0.25) is 0 Å². The first-order chi connectivity index (χ1) is 8.56. The van der Waals surface area contributed by atoms with E-state index in [4.69, 9.17) is 0 Å². The van der Waals surface area contributed by atoms with Crippen molar-refractivity contribution in [2.24, 2.45) is 5.92 Å². The van der Waals surface area contributed by atoms with Crippen LogP contribution >= 0.6 is 11.3 Å². The fourth-order valence-corrected chi connectivity index (χ4v) is 2.79. The van der Waals surface area contributed by atoms with Crippen molar-refractivity contribution in [3.63, 3.8) is 0 Å². The zero-order chi connectivity index (χ0) is 13.3. The quantitative estimate of drug-likeness (QED) is 0.910. The molecular weight excluding hydrogens is 248 g/mol. The highest BCUT2D eigenvalue weighted by atomic mass is 32.1. The molecule has 2 heterocycles. The summed E-state index contributed by atoms with van der Waals surface area (Å²) < 4.78 is 0. The third-order valence-corrected chi connectivity index (χ3v) is 4.24. The van der Waals surface area contributed by atoms with Crippen LogP contribution in [0.1, 0.15) is 27.2 Å². The maximum atomic E-state index is 12.5. The number of amides is 2. The molecule has 0 bridgehead atoms. The van der Waals surface area contributed by atoms with E-state index < -0.39 is 12.1 Å². The van der Waals surface area contributed by atoms with Crippen LogP contribution in [0.3, 0.4) is 0 Å². The molecule has 0 aliphatic carbocycles. The molecule has 18 heavy (non-hydrogen) atoms. The van der Waals surface area contributed by atoms with Crippen LogP contribution in [0.5, 0.6) is 0 Å². The largest absolute Gasteiger partial charge is 0.342 e. The van der Waals surface area contributed by atoms with Crippen LogP contribution in [-0.4, -0.2) is 23.9 Å². The third kappa shape index (κ3) is 2.14. The number of hydrogen-bond acceptors (Lipinski definition) is 3. The van der Waals surface area contributed by atoms with E-state index >= 15 is 0 Å². The zero-order valence-electron chi connectivity index (χ0n) is 10.8. The lowest BCUT2D eigenvalue weighted by molar-refractivity contribution is -0.134. The molecule has 2 amide bonds. The smallest absolute Gasteiger partial charge is 0.250 e. The Labute approximate surface area is 111 Å². The number of nitrogens with one attached hydrogen (secondary N) is 1. The summed E-state index contributed by atoms with van der Waals surface area (Å²) >= 11 is 1.53. The summed E-state index contributed by atoms with van der Waals surface area (Å²) in [5, 5.41) is 6.65. The molecule has 0 radical (unpaired) electrons. The highest BCUT2D eigenvalue weighted by Gasteiger charge is 2.40. The van der Waals surface area contributed by atoms with Crippen LogP contribution in [0.4, 0.5) is 5.69 Å². The zero-order valence-corrected chi connectivity index (χ0v) is 11.7. The number of anilines is 1. The number of thiophene rings is 1. The minimum absolute atomic E-state index is 0.00477. The number of nitrogens with zero attached hydrogens (tertiary/aromatic N) is 1. The van der Waals surface area contributed by atoms with Crippen molar-refractivity contribution in [1.29, 1.82) is 0 Å². The summed E-state index contributed by atoms with van der Waals surface area (Å²) in [5.74, 6) is 0.0658. The molecule has 0 saturated carbocycles. The van der Waals surface area contributed by atoms with Crippen LogP contribution in [-0.2, 0) is 9.59 Å². The predicted molar refractivity (Wildman–Crippen MR) is 72.7 cm³/mol. The second-order valence-electron chi connectivity index (χ2n) is 4.74. The van der Waals surface area contributed by atoms with E-state index in [0.717, 1.165) is 12.1 Å². The Balaban J connectivity index is 2.32. The van der Waals surface area contributed by atoms with Gasteiger partial charge in [0.05, 0.1) is 5.69 Å². The average molecular weight is 266 g/mol. The number of carbonyl (C=O) groups excluding carboxylic acids is 2. The van der Waals surface area contributed by atoms with Crippen molar-refractivity contribution in [1.82, 2.24) is 5.32 Å². The van der Waals surface area contributed by atoms with Gasteiger partial charge < -0.3 is 5.32 Å². The molecule has 1 N–H and O–H groups in total. The van der Waals surface area contributed by atoms with Crippen molar-refractivity contribution in [3.8, 4) is 0 Å². The summed E-state index contributed by atoms with van der Waals surface area (Å²) in [6.45, 7) is 5.78. The van der Waals surface area contributed by atoms with Crippen molar-refractivity contribution < 1.29 is 9.59 Å². The molecule has 1 fully saturated rings.